The molecule has 3 aromatic carbocycles. The van der Waals surface area contributed by atoms with Crippen molar-refractivity contribution in [3.05, 3.63) is 95.3 Å². The van der Waals surface area contributed by atoms with Crippen LogP contribution in [0, 0.1) is 13.5 Å². The first kappa shape index (κ1) is 18.5. The molecule has 0 unspecified atom stereocenters. The van der Waals surface area contributed by atoms with Gasteiger partial charge >= 0.3 is 0 Å². The van der Waals surface area contributed by atoms with Crippen LogP contribution in [0.4, 0.5) is 11.4 Å². The van der Waals surface area contributed by atoms with E-state index >= 15 is 0 Å². The average molecular weight is 378 g/mol. The van der Waals surface area contributed by atoms with Crippen LogP contribution in [0.25, 0.3) is 4.85 Å². The molecule has 136 valence electrons. The molecule has 0 spiro atoms. The number of hydrogen-bond acceptors (Lipinski definition) is 3. The summed E-state index contributed by atoms with van der Waals surface area (Å²) in [5.74, 6) is -0.179. The van der Waals surface area contributed by atoms with Gasteiger partial charge in [0.2, 0.25) is 5.69 Å². The standard InChI is InChI=1S/C21H18N2O3S/c1-16-8-11-19(12-9-16)27(25,26)23(15-17-6-4-3-5-7-17)18-10-13-21(24)20(14-18)22-2/h3-14,24H,15H2,1H3. The molecule has 0 heterocycles. The van der Waals surface area contributed by atoms with E-state index < -0.39 is 10.0 Å². The average Bonchev–Trinajstić information content (AvgIpc) is 2.68. The molecule has 27 heavy (non-hydrogen) atoms. The molecule has 0 aliphatic carbocycles. The maximum Gasteiger partial charge on any atom is 0.264 e. The molecule has 6 heteroatoms. The second kappa shape index (κ2) is 7.52. The molecule has 0 radical (unpaired) electrons. The molecule has 0 fully saturated rings. The largest absolute Gasteiger partial charge is 0.519 e. The summed E-state index contributed by atoms with van der Waals surface area (Å²) in [5.41, 5.74) is 2.10. The van der Waals surface area contributed by atoms with Crippen LogP contribution < -0.4 is 4.31 Å². The molecule has 0 bridgehead atoms. The molecule has 0 aliphatic heterocycles. The highest BCUT2D eigenvalue weighted by Crippen LogP contribution is 2.34. The molecule has 3 rings (SSSR count). The summed E-state index contributed by atoms with van der Waals surface area (Å²) < 4.78 is 27.9. The van der Waals surface area contributed by atoms with E-state index in [2.05, 4.69) is 4.85 Å². The van der Waals surface area contributed by atoms with Crippen LogP contribution in [0.5, 0.6) is 5.75 Å². The van der Waals surface area contributed by atoms with Gasteiger partial charge in [-0.05, 0) is 42.8 Å². The minimum absolute atomic E-state index is 0.00432. The lowest BCUT2D eigenvalue weighted by atomic mass is 10.2. The van der Waals surface area contributed by atoms with Crippen molar-refractivity contribution >= 4 is 21.4 Å². The summed E-state index contributed by atoms with van der Waals surface area (Å²) in [6.45, 7) is 9.18. The number of benzene rings is 3. The van der Waals surface area contributed by atoms with E-state index in [-0.39, 0.29) is 22.9 Å². The van der Waals surface area contributed by atoms with Crippen molar-refractivity contribution in [2.24, 2.45) is 0 Å². The van der Waals surface area contributed by atoms with Gasteiger partial charge in [0.1, 0.15) is 5.75 Å². The Morgan fingerprint density at radius 3 is 2.30 bits per heavy atom. The van der Waals surface area contributed by atoms with E-state index in [1.165, 1.54) is 22.5 Å². The van der Waals surface area contributed by atoms with Crippen LogP contribution in [-0.2, 0) is 16.6 Å². The normalized spacial score (nSPS) is 11.0. The van der Waals surface area contributed by atoms with Crippen molar-refractivity contribution in [1.29, 1.82) is 0 Å². The van der Waals surface area contributed by atoms with Crippen molar-refractivity contribution in [2.45, 2.75) is 18.4 Å². The predicted molar refractivity (Wildman–Crippen MR) is 105 cm³/mol. The third kappa shape index (κ3) is 3.94. The van der Waals surface area contributed by atoms with Gasteiger partial charge in [-0.1, -0.05) is 48.0 Å². The predicted octanol–water partition coefficient (Wildman–Crippen LogP) is 4.65. The van der Waals surface area contributed by atoms with Gasteiger partial charge in [0, 0.05) is 5.69 Å². The van der Waals surface area contributed by atoms with Gasteiger partial charge < -0.3 is 5.11 Å². The monoisotopic (exact) mass is 378 g/mol. The molecule has 3 aromatic rings. The fraction of sp³-hybridized carbons (Fsp3) is 0.0952. The van der Waals surface area contributed by atoms with Crippen LogP contribution in [0.2, 0.25) is 0 Å². The van der Waals surface area contributed by atoms with E-state index in [4.69, 9.17) is 6.57 Å². The fourth-order valence-corrected chi connectivity index (χ4v) is 4.10. The molecule has 0 saturated heterocycles. The Balaban J connectivity index is 2.12. The highest BCUT2D eigenvalue weighted by atomic mass is 32.2. The van der Waals surface area contributed by atoms with Gasteiger partial charge in [0.25, 0.3) is 10.0 Å². The van der Waals surface area contributed by atoms with Crippen LogP contribution in [0.15, 0.2) is 77.7 Å². The zero-order valence-corrected chi connectivity index (χ0v) is 15.5. The van der Waals surface area contributed by atoms with Gasteiger partial charge in [-0.3, -0.25) is 4.31 Å². The van der Waals surface area contributed by atoms with Crippen LogP contribution in [0.1, 0.15) is 11.1 Å². The van der Waals surface area contributed by atoms with Crippen molar-refractivity contribution in [2.75, 3.05) is 4.31 Å². The topological polar surface area (TPSA) is 62.0 Å². The van der Waals surface area contributed by atoms with Gasteiger partial charge in [-0.2, -0.15) is 0 Å². The Labute approximate surface area is 159 Å². The lowest BCUT2D eigenvalue weighted by molar-refractivity contribution is 0.478. The van der Waals surface area contributed by atoms with E-state index in [9.17, 15) is 13.5 Å². The first-order valence-electron chi connectivity index (χ1n) is 8.25. The maximum atomic E-state index is 13.3. The molecule has 0 aromatic heterocycles. The summed E-state index contributed by atoms with van der Waals surface area (Å²) in [6.07, 6.45) is 0. The smallest absolute Gasteiger partial charge is 0.264 e. The number of aryl methyl sites for hydroxylation is 1. The number of nitrogens with zero attached hydrogens (tertiary/aromatic N) is 2. The van der Waals surface area contributed by atoms with Crippen LogP contribution in [0.3, 0.4) is 0 Å². The Kier molecular flexibility index (Phi) is 5.15. The molecule has 0 atom stereocenters. The van der Waals surface area contributed by atoms with Gasteiger partial charge in [-0.25, -0.2) is 13.3 Å². The number of phenolic OH excluding ortho intramolecular Hbond substituents is 1. The molecule has 5 nitrogen and oxygen atoms in total. The summed E-state index contributed by atoms with van der Waals surface area (Å²) in [4.78, 5) is 3.43. The minimum atomic E-state index is -3.86. The summed E-state index contributed by atoms with van der Waals surface area (Å²) in [5, 5.41) is 9.78. The molecular weight excluding hydrogens is 360 g/mol. The zero-order chi connectivity index (χ0) is 19.4. The Hall–Kier alpha value is -3.30. The first-order valence-corrected chi connectivity index (χ1v) is 9.69. The molecule has 1 N–H and O–H groups in total. The number of sulfonamides is 1. The van der Waals surface area contributed by atoms with Crippen LogP contribution >= 0.6 is 0 Å². The summed E-state index contributed by atoms with van der Waals surface area (Å²) in [6, 6.07) is 20.1. The fourth-order valence-electron chi connectivity index (χ4n) is 2.66. The van der Waals surface area contributed by atoms with Crippen LogP contribution in [-0.4, -0.2) is 13.5 Å². The van der Waals surface area contributed by atoms with Crippen molar-refractivity contribution < 1.29 is 13.5 Å². The quantitative estimate of drug-likeness (QED) is 0.658. The first-order chi connectivity index (χ1) is 12.9. The maximum absolute atomic E-state index is 13.3. The molecule has 0 amide bonds. The van der Waals surface area contributed by atoms with Crippen molar-refractivity contribution in [3.8, 4) is 5.75 Å². The lowest BCUT2D eigenvalue weighted by Gasteiger charge is -2.25. The SMILES string of the molecule is [C-]#[N+]c1cc(N(Cc2ccccc2)S(=O)(=O)c2ccc(C)cc2)ccc1O. The lowest BCUT2D eigenvalue weighted by Crippen LogP contribution is -2.30. The third-order valence-electron chi connectivity index (χ3n) is 4.15. The van der Waals surface area contributed by atoms with E-state index in [0.29, 0.717) is 5.69 Å². The Bertz CT molecular complexity index is 1090. The number of hydrogen-bond donors (Lipinski definition) is 1. The van der Waals surface area contributed by atoms with Gasteiger partial charge in [0.15, 0.2) is 0 Å². The second-order valence-corrected chi connectivity index (χ2v) is 7.96. The minimum Gasteiger partial charge on any atom is -0.519 e. The highest BCUT2D eigenvalue weighted by Gasteiger charge is 2.25. The van der Waals surface area contributed by atoms with Gasteiger partial charge in [0.05, 0.1) is 18.0 Å². The number of anilines is 1. The molecule has 0 saturated carbocycles. The number of aromatic hydroxyl groups is 1. The number of rotatable bonds is 5. The number of phenols is 1. The zero-order valence-electron chi connectivity index (χ0n) is 14.7. The van der Waals surface area contributed by atoms with E-state index in [1.807, 2.05) is 37.3 Å². The van der Waals surface area contributed by atoms with E-state index in [0.717, 1.165) is 11.1 Å². The molecule has 0 aliphatic rings. The summed E-state index contributed by atoms with van der Waals surface area (Å²) in [7, 11) is -3.86. The Morgan fingerprint density at radius 2 is 1.67 bits per heavy atom. The third-order valence-corrected chi connectivity index (χ3v) is 5.93. The van der Waals surface area contributed by atoms with Gasteiger partial charge in [-0.15, -0.1) is 0 Å². The molecular formula is C21H18N2O3S. The highest BCUT2D eigenvalue weighted by molar-refractivity contribution is 7.92. The summed E-state index contributed by atoms with van der Waals surface area (Å²) >= 11 is 0. The van der Waals surface area contributed by atoms with Crippen molar-refractivity contribution in [1.82, 2.24) is 0 Å². The van der Waals surface area contributed by atoms with E-state index in [1.54, 1.807) is 24.3 Å². The Morgan fingerprint density at radius 1 is 1.00 bits per heavy atom. The van der Waals surface area contributed by atoms with Crippen molar-refractivity contribution in [3.63, 3.8) is 0 Å². The second-order valence-electron chi connectivity index (χ2n) is 6.10.